The van der Waals surface area contributed by atoms with E-state index < -0.39 is 6.23 Å². The Morgan fingerprint density at radius 3 is 3.00 bits per heavy atom. The Morgan fingerprint density at radius 1 is 1.56 bits per heavy atom. The van der Waals surface area contributed by atoms with Crippen molar-refractivity contribution in [3.05, 3.63) is 4.91 Å². The summed E-state index contributed by atoms with van der Waals surface area (Å²) in [5.74, 6) is 0. The lowest BCUT2D eigenvalue weighted by atomic mass is 10.3. The standard InChI is InChI=1S/C10H24N6O2/c1-12-4-5-18-10(16-17)6-8(11)15-9-7-13-2-3-14-9/h8-10,12-15H,2-7,11H2,1H3. The van der Waals surface area contributed by atoms with Gasteiger partial charge >= 0.3 is 0 Å². The second-order valence-corrected chi connectivity index (χ2v) is 4.25. The average Bonchev–Trinajstić information content (AvgIpc) is 2.39. The number of ether oxygens (including phenoxy) is 1. The van der Waals surface area contributed by atoms with Gasteiger partial charge in [0, 0.05) is 32.6 Å². The van der Waals surface area contributed by atoms with Crippen molar-refractivity contribution in [1.29, 1.82) is 0 Å². The minimum absolute atomic E-state index is 0.123. The number of hydrogen-bond acceptors (Lipinski definition) is 8. The molecule has 1 fully saturated rings. The molecule has 18 heavy (non-hydrogen) atoms. The summed E-state index contributed by atoms with van der Waals surface area (Å²) in [6.45, 7) is 3.80. The van der Waals surface area contributed by atoms with Gasteiger partial charge in [-0.2, -0.15) is 0 Å². The third kappa shape index (κ3) is 6.34. The first kappa shape index (κ1) is 15.4. The zero-order valence-electron chi connectivity index (χ0n) is 10.8. The van der Waals surface area contributed by atoms with Crippen LogP contribution < -0.4 is 27.0 Å². The minimum Gasteiger partial charge on any atom is -0.351 e. The quantitative estimate of drug-likeness (QED) is 0.187. The van der Waals surface area contributed by atoms with Crippen molar-refractivity contribution in [3.8, 4) is 0 Å². The topological polar surface area (TPSA) is 113 Å². The predicted octanol–water partition coefficient (Wildman–Crippen LogP) is -1.90. The third-order valence-corrected chi connectivity index (χ3v) is 2.69. The summed E-state index contributed by atoms with van der Waals surface area (Å²) in [6, 6.07) is 0. The molecular formula is C10H24N6O2. The van der Waals surface area contributed by atoms with Gasteiger partial charge in [0.05, 0.1) is 18.9 Å². The molecule has 3 unspecified atom stereocenters. The van der Waals surface area contributed by atoms with Gasteiger partial charge in [-0.15, -0.1) is 4.91 Å². The number of likely N-dealkylation sites (N-methyl/N-ethyl adjacent to an activating group) is 1. The van der Waals surface area contributed by atoms with Gasteiger partial charge in [-0.1, -0.05) is 0 Å². The maximum Gasteiger partial charge on any atom is 0.192 e. The fraction of sp³-hybridized carbons (Fsp3) is 1.00. The van der Waals surface area contributed by atoms with Crippen molar-refractivity contribution >= 4 is 0 Å². The van der Waals surface area contributed by atoms with E-state index in [1.54, 1.807) is 0 Å². The zero-order valence-corrected chi connectivity index (χ0v) is 10.8. The van der Waals surface area contributed by atoms with Crippen LogP contribution in [0.1, 0.15) is 6.42 Å². The van der Waals surface area contributed by atoms with Crippen LogP contribution in [0.3, 0.4) is 0 Å². The molecule has 0 aromatic heterocycles. The van der Waals surface area contributed by atoms with Crippen LogP contribution in [-0.2, 0) is 4.74 Å². The number of hydrogen-bond donors (Lipinski definition) is 5. The van der Waals surface area contributed by atoms with Crippen molar-refractivity contribution in [1.82, 2.24) is 21.3 Å². The Hall–Kier alpha value is -0.640. The highest BCUT2D eigenvalue weighted by Crippen LogP contribution is 2.02. The lowest BCUT2D eigenvalue weighted by molar-refractivity contribution is 0.0467. The van der Waals surface area contributed by atoms with E-state index in [-0.39, 0.29) is 12.3 Å². The highest BCUT2D eigenvalue weighted by Gasteiger charge is 2.18. The third-order valence-electron chi connectivity index (χ3n) is 2.69. The molecule has 8 nitrogen and oxygen atoms in total. The lowest BCUT2D eigenvalue weighted by Crippen LogP contribution is -2.60. The van der Waals surface area contributed by atoms with Crippen molar-refractivity contribution < 1.29 is 4.74 Å². The second-order valence-electron chi connectivity index (χ2n) is 4.25. The van der Waals surface area contributed by atoms with Gasteiger partial charge in [-0.05, 0) is 12.2 Å². The zero-order chi connectivity index (χ0) is 13.2. The Kier molecular flexibility index (Phi) is 7.98. The molecular weight excluding hydrogens is 236 g/mol. The van der Waals surface area contributed by atoms with Crippen LogP contribution >= 0.6 is 0 Å². The maximum atomic E-state index is 10.6. The molecule has 3 atom stereocenters. The Balaban J connectivity index is 2.18. The van der Waals surface area contributed by atoms with E-state index in [0.29, 0.717) is 19.6 Å². The van der Waals surface area contributed by atoms with Gasteiger partial charge in [-0.25, -0.2) is 0 Å². The molecule has 0 bridgehead atoms. The van der Waals surface area contributed by atoms with Gasteiger partial charge in [0.2, 0.25) is 0 Å². The summed E-state index contributed by atoms with van der Waals surface area (Å²) in [5.41, 5.74) is 5.91. The van der Waals surface area contributed by atoms with E-state index in [1.807, 2.05) is 7.05 Å². The van der Waals surface area contributed by atoms with Crippen LogP contribution in [0.25, 0.3) is 0 Å². The Bertz CT molecular complexity index is 224. The summed E-state index contributed by atoms with van der Waals surface area (Å²) < 4.78 is 5.29. The first-order valence-corrected chi connectivity index (χ1v) is 6.30. The number of nitrogens with zero attached hydrogens (tertiary/aromatic N) is 1. The normalized spacial score (nSPS) is 23.6. The molecule has 1 rings (SSSR count). The molecule has 0 spiro atoms. The van der Waals surface area contributed by atoms with Crippen LogP contribution in [0.4, 0.5) is 0 Å². The minimum atomic E-state index is -0.697. The van der Waals surface area contributed by atoms with Crippen LogP contribution in [0.15, 0.2) is 5.18 Å². The van der Waals surface area contributed by atoms with Crippen LogP contribution in [0, 0.1) is 4.91 Å². The smallest absolute Gasteiger partial charge is 0.192 e. The highest BCUT2D eigenvalue weighted by atomic mass is 16.5. The van der Waals surface area contributed by atoms with Gasteiger partial charge in [-0.3, -0.25) is 10.6 Å². The summed E-state index contributed by atoms with van der Waals surface area (Å²) in [7, 11) is 1.82. The lowest BCUT2D eigenvalue weighted by Gasteiger charge is -2.29. The Labute approximate surface area is 107 Å². The number of rotatable bonds is 9. The molecule has 0 saturated carbocycles. The molecule has 1 aliphatic rings. The van der Waals surface area contributed by atoms with Crippen molar-refractivity contribution in [2.45, 2.75) is 25.0 Å². The molecule has 1 saturated heterocycles. The van der Waals surface area contributed by atoms with E-state index in [1.165, 1.54) is 0 Å². The number of nitroso groups, excluding NO2 is 1. The fourth-order valence-electron chi connectivity index (χ4n) is 1.75. The van der Waals surface area contributed by atoms with Gasteiger partial charge in [0.25, 0.3) is 0 Å². The predicted molar refractivity (Wildman–Crippen MR) is 69.9 cm³/mol. The summed E-state index contributed by atoms with van der Waals surface area (Å²) in [6.07, 6.45) is -0.527. The first-order valence-electron chi connectivity index (χ1n) is 6.30. The molecule has 0 amide bonds. The number of piperazine rings is 1. The molecule has 0 aromatic rings. The second kappa shape index (κ2) is 9.31. The molecule has 6 N–H and O–H groups in total. The molecule has 1 aliphatic heterocycles. The van der Waals surface area contributed by atoms with Gasteiger partial charge < -0.3 is 21.1 Å². The fourth-order valence-corrected chi connectivity index (χ4v) is 1.75. The van der Waals surface area contributed by atoms with Crippen molar-refractivity contribution in [3.63, 3.8) is 0 Å². The summed E-state index contributed by atoms with van der Waals surface area (Å²) in [4.78, 5) is 10.6. The molecule has 0 radical (unpaired) electrons. The summed E-state index contributed by atoms with van der Waals surface area (Å²) >= 11 is 0. The Morgan fingerprint density at radius 2 is 2.39 bits per heavy atom. The van der Waals surface area contributed by atoms with Gasteiger partial charge in [0.15, 0.2) is 6.23 Å². The largest absolute Gasteiger partial charge is 0.351 e. The van der Waals surface area contributed by atoms with Crippen molar-refractivity contribution in [2.24, 2.45) is 10.9 Å². The molecule has 0 aliphatic carbocycles. The van der Waals surface area contributed by atoms with Crippen LogP contribution in [0.5, 0.6) is 0 Å². The van der Waals surface area contributed by atoms with Crippen LogP contribution in [-0.4, -0.2) is 58.4 Å². The number of nitrogens with one attached hydrogen (secondary N) is 4. The van der Waals surface area contributed by atoms with Crippen molar-refractivity contribution in [2.75, 3.05) is 39.8 Å². The van der Waals surface area contributed by atoms with E-state index in [0.717, 1.165) is 19.6 Å². The molecule has 0 aromatic carbocycles. The van der Waals surface area contributed by atoms with E-state index in [9.17, 15) is 4.91 Å². The molecule has 1 heterocycles. The molecule has 106 valence electrons. The summed E-state index contributed by atoms with van der Waals surface area (Å²) in [5, 5.41) is 15.6. The van der Waals surface area contributed by atoms with Gasteiger partial charge in [0.1, 0.15) is 0 Å². The maximum absolute atomic E-state index is 10.6. The van der Waals surface area contributed by atoms with E-state index in [2.05, 4.69) is 26.4 Å². The van der Waals surface area contributed by atoms with E-state index >= 15 is 0 Å². The number of nitrogens with two attached hydrogens (primary N) is 1. The van der Waals surface area contributed by atoms with Crippen LogP contribution in [0.2, 0.25) is 0 Å². The highest BCUT2D eigenvalue weighted by molar-refractivity contribution is 4.77. The van der Waals surface area contributed by atoms with E-state index in [4.69, 9.17) is 10.5 Å². The average molecular weight is 260 g/mol. The molecule has 8 heteroatoms. The first-order chi connectivity index (χ1) is 8.76. The monoisotopic (exact) mass is 260 g/mol. The SMILES string of the molecule is CNCCOC(CC(N)NC1CNCCN1)N=O.